The minimum Gasteiger partial charge on any atom is -0.372 e. The number of hydrogen-bond donors (Lipinski definition) is 1. The van der Waals surface area contributed by atoms with Gasteiger partial charge in [-0.2, -0.15) is 11.8 Å². The van der Waals surface area contributed by atoms with E-state index >= 15 is 0 Å². The summed E-state index contributed by atoms with van der Waals surface area (Å²) in [5.41, 5.74) is 1.20. The molecule has 0 atom stereocenters. The molecule has 94 valence electrons. The molecule has 1 aromatic heterocycles. The van der Waals surface area contributed by atoms with Crippen molar-refractivity contribution in [3.05, 3.63) is 16.0 Å². The summed E-state index contributed by atoms with van der Waals surface area (Å²) in [4.78, 5) is 9.26. The number of nitrogens with one attached hydrogen (secondary N) is 1. The molecule has 0 bridgehead atoms. The molecule has 1 N–H and O–H groups in total. The van der Waals surface area contributed by atoms with Gasteiger partial charge in [0.25, 0.3) is 0 Å². The average molecular weight is 316 g/mol. The summed E-state index contributed by atoms with van der Waals surface area (Å²) in [7, 11) is 1.91. The quantitative estimate of drug-likeness (QED) is 0.917. The van der Waals surface area contributed by atoms with Gasteiger partial charge in [0.2, 0.25) is 0 Å². The monoisotopic (exact) mass is 315 g/mol. The van der Waals surface area contributed by atoms with E-state index in [1.807, 2.05) is 7.05 Å². The van der Waals surface area contributed by atoms with Crippen molar-refractivity contribution in [1.82, 2.24) is 9.97 Å². The van der Waals surface area contributed by atoms with Crippen LogP contribution in [0.5, 0.6) is 0 Å². The highest BCUT2D eigenvalue weighted by molar-refractivity contribution is 9.10. The first-order chi connectivity index (χ1) is 8.26. The van der Waals surface area contributed by atoms with Crippen molar-refractivity contribution >= 4 is 33.5 Å². The number of nitrogens with zero attached hydrogens (tertiary/aromatic N) is 2. The molecule has 1 saturated carbocycles. The highest BCUT2D eigenvalue weighted by atomic mass is 79.9. The van der Waals surface area contributed by atoms with Crippen molar-refractivity contribution in [3.8, 4) is 0 Å². The molecule has 17 heavy (non-hydrogen) atoms. The Morgan fingerprint density at radius 1 is 1.35 bits per heavy atom. The summed E-state index contributed by atoms with van der Waals surface area (Å²) in [6, 6.07) is 0. The molecule has 0 spiro atoms. The Morgan fingerprint density at radius 3 is 2.65 bits per heavy atom. The average Bonchev–Trinajstić information content (AvgIpc) is 2.85. The van der Waals surface area contributed by atoms with E-state index in [0.717, 1.165) is 21.9 Å². The highest BCUT2D eigenvalue weighted by Crippen LogP contribution is 2.38. The van der Waals surface area contributed by atoms with Gasteiger partial charge in [0, 0.05) is 13.0 Å². The van der Waals surface area contributed by atoms with Crippen LogP contribution >= 0.6 is 27.7 Å². The highest BCUT2D eigenvalue weighted by Gasteiger charge is 2.23. The van der Waals surface area contributed by atoms with Gasteiger partial charge >= 0.3 is 0 Å². The fourth-order valence-corrected chi connectivity index (χ4v) is 3.43. The van der Waals surface area contributed by atoms with Crippen molar-refractivity contribution < 1.29 is 0 Å². The fraction of sp³-hybridized carbons (Fsp3) is 0.667. The predicted octanol–water partition coefficient (Wildman–Crippen LogP) is 3.80. The summed E-state index contributed by atoms with van der Waals surface area (Å²) in [6.45, 7) is 0. The number of hydrogen-bond acceptors (Lipinski definition) is 4. The van der Waals surface area contributed by atoms with E-state index < -0.39 is 0 Å². The minimum atomic E-state index is 0.611. The maximum atomic E-state index is 4.73. The largest absolute Gasteiger partial charge is 0.372 e. The summed E-state index contributed by atoms with van der Waals surface area (Å²) >= 11 is 5.41. The van der Waals surface area contributed by atoms with Crippen LogP contribution < -0.4 is 5.32 Å². The van der Waals surface area contributed by atoms with Crippen molar-refractivity contribution in [2.24, 2.45) is 0 Å². The summed E-state index contributed by atoms with van der Waals surface area (Å²) < 4.78 is 1.05. The molecular formula is C12H18BrN3S. The van der Waals surface area contributed by atoms with E-state index in [0.29, 0.717) is 5.92 Å². The Bertz CT molecular complexity index is 392. The smallest absolute Gasteiger partial charge is 0.144 e. The molecule has 0 amide bonds. The Labute approximate surface area is 115 Å². The Morgan fingerprint density at radius 2 is 2.06 bits per heavy atom. The van der Waals surface area contributed by atoms with Crippen molar-refractivity contribution in [2.75, 3.05) is 18.6 Å². The second-order valence-corrected chi connectivity index (χ2v) is 6.01. The zero-order valence-electron chi connectivity index (χ0n) is 10.3. The molecule has 1 aliphatic carbocycles. The zero-order chi connectivity index (χ0) is 12.3. The third kappa shape index (κ3) is 2.94. The number of anilines is 1. The first-order valence-electron chi connectivity index (χ1n) is 5.99. The summed E-state index contributed by atoms with van der Waals surface area (Å²) in [5.74, 6) is 3.35. The van der Waals surface area contributed by atoms with E-state index in [9.17, 15) is 0 Å². The van der Waals surface area contributed by atoms with Crippen LogP contribution in [0.15, 0.2) is 4.47 Å². The molecule has 0 aromatic carbocycles. The summed E-state index contributed by atoms with van der Waals surface area (Å²) in [6.07, 6.45) is 7.26. The van der Waals surface area contributed by atoms with Crippen LogP contribution in [0.25, 0.3) is 0 Å². The number of rotatable bonds is 4. The van der Waals surface area contributed by atoms with E-state index in [1.165, 1.54) is 31.4 Å². The van der Waals surface area contributed by atoms with Crippen LogP contribution in [0.3, 0.4) is 0 Å². The van der Waals surface area contributed by atoms with Crippen LogP contribution in [0.2, 0.25) is 0 Å². The molecule has 0 radical (unpaired) electrons. The van der Waals surface area contributed by atoms with Crippen LogP contribution in [-0.2, 0) is 5.75 Å². The standard InChI is InChI=1S/C12H18BrN3S/c1-14-12-10(13)11(8-5-3-4-6-8)15-9(16-12)7-17-2/h8H,3-7H2,1-2H3,(H,14,15,16). The molecular weight excluding hydrogens is 298 g/mol. The molecule has 1 aliphatic rings. The molecule has 1 fully saturated rings. The normalized spacial score (nSPS) is 16.4. The third-order valence-electron chi connectivity index (χ3n) is 3.18. The van der Waals surface area contributed by atoms with Crippen molar-refractivity contribution in [3.63, 3.8) is 0 Å². The lowest BCUT2D eigenvalue weighted by molar-refractivity contribution is 0.684. The number of thioether (sulfide) groups is 1. The van der Waals surface area contributed by atoms with E-state index in [-0.39, 0.29) is 0 Å². The Kier molecular flexibility index (Phi) is 4.68. The van der Waals surface area contributed by atoms with E-state index in [1.54, 1.807) is 11.8 Å². The van der Waals surface area contributed by atoms with Crippen molar-refractivity contribution in [1.29, 1.82) is 0 Å². The van der Waals surface area contributed by atoms with Gasteiger partial charge in [0.15, 0.2) is 0 Å². The lowest BCUT2D eigenvalue weighted by Gasteiger charge is -2.15. The van der Waals surface area contributed by atoms with Gasteiger partial charge in [-0.05, 0) is 35.0 Å². The predicted molar refractivity (Wildman–Crippen MR) is 77.7 cm³/mol. The van der Waals surface area contributed by atoms with Gasteiger partial charge in [-0.25, -0.2) is 9.97 Å². The van der Waals surface area contributed by atoms with E-state index in [2.05, 4.69) is 32.5 Å². The maximum absolute atomic E-state index is 4.73. The molecule has 0 unspecified atom stereocenters. The fourth-order valence-electron chi connectivity index (χ4n) is 2.34. The lowest BCUT2D eigenvalue weighted by Crippen LogP contribution is -2.07. The second kappa shape index (κ2) is 6.05. The lowest BCUT2D eigenvalue weighted by atomic mass is 10.0. The molecule has 5 heteroatoms. The first-order valence-corrected chi connectivity index (χ1v) is 8.18. The SMILES string of the molecule is CNc1nc(CSC)nc(C2CCCC2)c1Br. The number of aromatic nitrogens is 2. The van der Waals surface area contributed by atoms with Crippen molar-refractivity contribution in [2.45, 2.75) is 37.4 Å². The molecule has 0 aliphatic heterocycles. The zero-order valence-corrected chi connectivity index (χ0v) is 12.7. The third-order valence-corrected chi connectivity index (χ3v) is 4.50. The van der Waals surface area contributed by atoms with Crippen LogP contribution in [0.4, 0.5) is 5.82 Å². The van der Waals surface area contributed by atoms with Gasteiger partial charge in [-0.15, -0.1) is 0 Å². The first kappa shape index (κ1) is 13.1. The van der Waals surface area contributed by atoms with Crippen LogP contribution in [-0.4, -0.2) is 23.3 Å². The molecule has 1 aromatic rings. The van der Waals surface area contributed by atoms with E-state index in [4.69, 9.17) is 4.98 Å². The minimum absolute atomic E-state index is 0.611. The Hall–Kier alpha value is -0.290. The van der Waals surface area contributed by atoms with Gasteiger partial charge in [0.1, 0.15) is 11.6 Å². The molecule has 0 saturated heterocycles. The summed E-state index contributed by atoms with van der Waals surface area (Å²) in [5, 5.41) is 3.15. The topological polar surface area (TPSA) is 37.8 Å². The van der Waals surface area contributed by atoms with Gasteiger partial charge in [-0.3, -0.25) is 0 Å². The second-order valence-electron chi connectivity index (χ2n) is 4.35. The maximum Gasteiger partial charge on any atom is 0.144 e. The molecule has 1 heterocycles. The van der Waals surface area contributed by atoms with Gasteiger partial charge < -0.3 is 5.32 Å². The van der Waals surface area contributed by atoms with Crippen LogP contribution in [0, 0.1) is 0 Å². The Balaban J connectivity index is 2.37. The molecule has 2 rings (SSSR count). The van der Waals surface area contributed by atoms with Gasteiger partial charge in [-0.1, -0.05) is 12.8 Å². The molecule has 3 nitrogen and oxygen atoms in total. The van der Waals surface area contributed by atoms with Crippen LogP contribution in [0.1, 0.15) is 43.1 Å². The van der Waals surface area contributed by atoms with Gasteiger partial charge in [0.05, 0.1) is 15.9 Å². The number of halogens is 1.